The first-order valence-corrected chi connectivity index (χ1v) is 6.31. The number of aliphatic hydroxyl groups is 6. The number of aliphatic hydroxyl groups excluding tert-OH is 6. The van der Waals surface area contributed by atoms with E-state index < -0.39 is 60.8 Å². The number of ether oxygens (including phenoxy) is 2. The lowest BCUT2D eigenvalue weighted by Gasteiger charge is -2.38. The van der Waals surface area contributed by atoms with Crippen LogP contribution < -0.4 is 5.32 Å². The predicted molar refractivity (Wildman–Crippen MR) is 66.1 cm³/mol. The smallest absolute Gasteiger partial charge is 0.377 e. The predicted octanol–water partition coefficient (Wildman–Crippen LogP) is -5.67. The summed E-state index contributed by atoms with van der Waals surface area (Å²) in [4.78, 5) is 35.1. The van der Waals surface area contributed by atoms with Crippen molar-refractivity contribution in [3.05, 3.63) is 0 Å². The van der Waals surface area contributed by atoms with Gasteiger partial charge in [0.1, 0.15) is 18.3 Å². The summed E-state index contributed by atoms with van der Waals surface area (Å²) in [6.45, 7) is -1.01. The Bertz CT molecular complexity index is 483. The van der Waals surface area contributed by atoms with Gasteiger partial charge in [-0.25, -0.2) is 14.4 Å². The van der Waals surface area contributed by atoms with Gasteiger partial charge in [0, 0.05) is 0 Å². The van der Waals surface area contributed by atoms with Crippen LogP contribution in [-0.4, -0.2) is 98.4 Å². The summed E-state index contributed by atoms with van der Waals surface area (Å²) in [6.07, 6.45) is -11.4. The van der Waals surface area contributed by atoms with E-state index in [9.17, 15) is 39.9 Å². The number of carbonyl (C=O) groups excluding carboxylic acids is 3. The lowest BCUT2D eigenvalue weighted by molar-refractivity contribution is -0.232. The number of cyclic esters (lactones) is 3. The Morgan fingerprint density at radius 1 is 1.13 bits per heavy atom. The molecule has 6 atom stereocenters. The van der Waals surface area contributed by atoms with Crippen molar-refractivity contribution in [2.45, 2.75) is 36.2 Å². The van der Waals surface area contributed by atoms with Gasteiger partial charge in [-0.1, -0.05) is 0 Å². The molecule has 1 aliphatic rings. The number of nitrogens with one attached hydrogen (secondary N) is 1. The van der Waals surface area contributed by atoms with E-state index in [1.807, 2.05) is 5.32 Å². The molecule has 0 aliphatic carbocycles. The van der Waals surface area contributed by atoms with Crippen LogP contribution in [0.2, 0.25) is 0 Å². The number of carbonyl (C=O) groups is 3. The maximum atomic E-state index is 12.0. The number of esters is 3. The first-order chi connectivity index (χ1) is 10.6. The van der Waals surface area contributed by atoms with Gasteiger partial charge >= 0.3 is 17.9 Å². The average molecular weight is 339 g/mol. The molecule has 0 amide bonds. The van der Waals surface area contributed by atoms with Crippen molar-refractivity contribution in [2.24, 2.45) is 0 Å². The van der Waals surface area contributed by atoms with Crippen molar-refractivity contribution in [1.29, 1.82) is 0 Å². The zero-order valence-electron chi connectivity index (χ0n) is 11.8. The molecule has 0 aromatic rings. The molecule has 7 N–H and O–H groups in total. The first-order valence-electron chi connectivity index (χ1n) is 6.31. The van der Waals surface area contributed by atoms with Crippen molar-refractivity contribution in [3.8, 4) is 0 Å². The fraction of sp³-hybridized carbons (Fsp3) is 0.727. The highest BCUT2D eigenvalue weighted by atomic mass is 16.7. The maximum absolute atomic E-state index is 12.0. The Balaban J connectivity index is 3.26. The second-order valence-electron chi connectivity index (χ2n) is 4.69. The van der Waals surface area contributed by atoms with Crippen molar-refractivity contribution >= 4 is 17.9 Å². The minimum Gasteiger partial charge on any atom is -0.427 e. The summed E-state index contributed by atoms with van der Waals surface area (Å²) in [5.41, 5.74) is -2.89. The number of hydrogen-bond donors (Lipinski definition) is 7. The van der Waals surface area contributed by atoms with Gasteiger partial charge < -0.3 is 40.1 Å². The van der Waals surface area contributed by atoms with Crippen molar-refractivity contribution < 1.29 is 54.5 Å². The van der Waals surface area contributed by atoms with E-state index >= 15 is 0 Å². The Kier molecular flexibility index (Phi) is 6.12. The van der Waals surface area contributed by atoms with Crippen molar-refractivity contribution in [1.82, 2.24) is 5.32 Å². The molecule has 132 valence electrons. The monoisotopic (exact) mass is 339 g/mol. The van der Waals surface area contributed by atoms with E-state index in [4.69, 9.17) is 5.11 Å². The van der Waals surface area contributed by atoms with E-state index in [1.165, 1.54) is 0 Å². The van der Waals surface area contributed by atoms with Crippen LogP contribution in [0.5, 0.6) is 0 Å². The SMILES string of the molecule is CN[C@]1([C@@H](O)[C@H](O)C(O)CO)OC(=O)C(O)C(O)C(=O)OC1=O. The van der Waals surface area contributed by atoms with Crippen LogP contribution >= 0.6 is 0 Å². The molecule has 0 spiro atoms. The van der Waals surface area contributed by atoms with E-state index in [-0.39, 0.29) is 0 Å². The van der Waals surface area contributed by atoms with Crippen LogP contribution in [0.15, 0.2) is 0 Å². The third-order valence-corrected chi connectivity index (χ3v) is 3.23. The van der Waals surface area contributed by atoms with Crippen LogP contribution in [0.4, 0.5) is 0 Å². The van der Waals surface area contributed by atoms with Gasteiger partial charge in [-0.2, -0.15) is 0 Å². The molecule has 12 heteroatoms. The largest absolute Gasteiger partial charge is 0.427 e. The normalized spacial score (nSPS) is 33.1. The summed E-state index contributed by atoms with van der Waals surface area (Å²) < 4.78 is 8.73. The van der Waals surface area contributed by atoms with Crippen LogP contribution in [0.1, 0.15) is 0 Å². The van der Waals surface area contributed by atoms with Crippen LogP contribution in [0.25, 0.3) is 0 Å². The van der Waals surface area contributed by atoms with Crippen LogP contribution in [0, 0.1) is 0 Å². The first kappa shape index (κ1) is 19.4. The van der Waals surface area contributed by atoms with Crippen LogP contribution in [0.3, 0.4) is 0 Å². The van der Waals surface area contributed by atoms with Gasteiger partial charge in [0.2, 0.25) is 0 Å². The summed E-state index contributed by atoms with van der Waals surface area (Å²) in [7, 11) is 0.977. The molecule has 0 aromatic carbocycles. The van der Waals surface area contributed by atoms with Gasteiger partial charge in [0.05, 0.1) is 6.61 Å². The van der Waals surface area contributed by atoms with Gasteiger partial charge in [-0.3, -0.25) is 5.32 Å². The fourth-order valence-electron chi connectivity index (χ4n) is 1.79. The molecule has 0 aromatic heterocycles. The molecule has 12 nitrogen and oxygen atoms in total. The van der Waals surface area contributed by atoms with E-state index in [0.29, 0.717) is 0 Å². The minimum atomic E-state index is -2.89. The number of likely N-dealkylation sites (N-methyl/N-ethyl adjacent to an activating group) is 1. The van der Waals surface area contributed by atoms with Gasteiger partial charge in [-0.15, -0.1) is 0 Å². The minimum absolute atomic E-state index is 0.977. The highest BCUT2D eigenvalue weighted by Crippen LogP contribution is 2.23. The zero-order chi connectivity index (χ0) is 17.9. The molecule has 1 heterocycles. The van der Waals surface area contributed by atoms with Gasteiger partial charge in [0.25, 0.3) is 5.72 Å². The zero-order valence-corrected chi connectivity index (χ0v) is 11.8. The summed E-state index contributed by atoms with van der Waals surface area (Å²) in [6, 6.07) is 0. The molecule has 1 rings (SSSR count). The number of rotatable bonds is 5. The third-order valence-electron chi connectivity index (χ3n) is 3.23. The van der Waals surface area contributed by atoms with E-state index in [0.717, 1.165) is 7.05 Å². The molecular weight excluding hydrogens is 322 g/mol. The summed E-state index contributed by atoms with van der Waals surface area (Å²) in [5.74, 6) is -5.09. The molecule has 1 saturated heterocycles. The Morgan fingerprint density at radius 3 is 2.13 bits per heavy atom. The molecular formula is C11H17NO11. The van der Waals surface area contributed by atoms with E-state index in [1.54, 1.807) is 0 Å². The topological polar surface area (TPSA) is 203 Å². The molecule has 3 unspecified atom stereocenters. The average Bonchev–Trinajstić information content (AvgIpc) is 2.54. The van der Waals surface area contributed by atoms with Gasteiger partial charge in [-0.05, 0) is 7.05 Å². The number of hydrogen-bond acceptors (Lipinski definition) is 12. The van der Waals surface area contributed by atoms with Gasteiger partial charge in [0.15, 0.2) is 12.2 Å². The molecule has 0 bridgehead atoms. The quantitative estimate of drug-likeness (QED) is 0.185. The molecule has 1 fully saturated rings. The standard InChI is InChI=1S/C11H17NO11/c1-12-11(7(18)4(15)3(14)2-13)10(21)22-8(19)5(16)6(17)9(20)23-11/h3-7,12-18H,2H2,1H3/t3?,4-,5?,6?,7+,11-/m1/s1. The maximum Gasteiger partial charge on any atom is 0.377 e. The highest BCUT2D eigenvalue weighted by Gasteiger charge is 2.57. The molecule has 0 radical (unpaired) electrons. The van der Waals surface area contributed by atoms with E-state index in [2.05, 4.69) is 9.47 Å². The Morgan fingerprint density at radius 2 is 1.65 bits per heavy atom. The van der Waals surface area contributed by atoms with Crippen LogP contribution in [-0.2, 0) is 23.9 Å². The summed E-state index contributed by atoms with van der Waals surface area (Å²) >= 11 is 0. The second kappa shape index (κ2) is 7.27. The molecule has 23 heavy (non-hydrogen) atoms. The highest BCUT2D eigenvalue weighted by molar-refractivity contribution is 5.98. The molecule has 0 saturated carbocycles. The molecule has 1 aliphatic heterocycles. The second-order valence-corrected chi connectivity index (χ2v) is 4.69. The van der Waals surface area contributed by atoms with Crippen molar-refractivity contribution in [3.63, 3.8) is 0 Å². The Labute approximate surface area is 128 Å². The lowest BCUT2D eigenvalue weighted by Crippen LogP contribution is -2.69. The van der Waals surface area contributed by atoms with Crippen molar-refractivity contribution in [2.75, 3.05) is 13.7 Å². The Hall–Kier alpha value is -1.67. The fourth-order valence-corrected chi connectivity index (χ4v) is 1.79. The lowest BCUT2D eigenvalue weighted by atomic mass is 9.96. The summed E-state index contributed by atoms with van der Waals surface area (Å²) in [5, 5.41) is 58.5. The third kappa shape index (κ3) is 3.48.